The lowest BCUT2D eigenvalue weighted by Crippen LogP contribution is -2.59. The number of rotatable bonds is 2. The molecule has 0 aliphatic carbocycles. The molecule has 1 fully saturated rings. The molecule has 0 bridgehead atoms. The molecule has 1 saturated heterocycles. The highest BCUT2D eigenvalue weighted by atomic mass is 16.2. The number of benzene rings is 1. The second-order valence-electron chi connectivity index (χ2n) is 4.61. The van der Waals surface area contributed by atoms with Gasteiger partial charge in [-0.25, -0.2) is 4.79 Å². The Hall–Kier alpha value is -2.08. The fourth-order valence-electron chi connectivity index (χ4n) is 2.03. The highest BCUT2D eigenvalue weighted by Gasteiger charge is 2.30. The van der Waals surface area contributed by atoms with Gasteiger partial charge < -0.3 is 21.3 Å². The summed E-state index contributed by atoms with van der Waals surface area (Å²) in [5, 5.41) is 5.82. The summed E-state index contributed by atoms with van der Waals surface area (Å²) in [6.45, 7) is 3.50. The third-order valence-electron chi connectivity index (χ3n) is 3.14. The summed E-state index contributed by atoms with van der Waals surface area (Å²) < 4.78 is 0. The van der Waals surface area contributed by atoms with Gasteiger partial charge in [0.2, 0.25) is 5.91 Å². The van der Waals surface area contributed by atoms with Crippen LogP contribution < -0.4 is 16.4 Å². The molecule has 1 aliphatic rings. The summed E-state index contributed by atoms with van der Waals surface area (Å²) in [6.07, 6.45) is 0. The fraction of sp³-hybridized carbons (Fsp3) is 0.385. The number of primary amides is 1. The van der Waals surface area contributed by atoms with E-state index in [1.807, 2.05) is 31.2 Å². The van der Waals surface area contributed by atoms with Crippen molar-refractivity contribution < 1.29 is 9.59 Å². The van der Waals surface area contributed by atoms with E-state index < -0.39 is 11.9 Å². The minimum absolute atomic E-state index is 0.297. The van der Waals surface area contributed by atoms with Crippen molar-refractivity contribution in [2.75, 3.05) is 25.0 Å². The molecule has 4 N–H and O–H groups in total. The van der Waals surface area contributed by atoms with Crippen molar-refractivity contribution in [2.45, 2.75) is 13.0 Å². The largest absolute Gasteiger partial charge is 0.368 e. The Bertz CT molecular complexity index is 472. The van der Waals surface area contributed by atoms with E-state index in [0.29, 0.717) is 25.3 Å². The van der Waals surface area contributed by atoms with Crippen LogP contribution in [0, 0.1) is 6.92 Å². The molecule has 2 rings (SSSR count). The van der Waals surface area contributed by atoms with E-state index in [4.69, 9.17) is 5.73 Å². The van der Waals surface area contributed by atoms with Crippen molar-refractivity contribution in [2.24, 2.45) is 5.73 Å². The molecule has 0 aromatic heterocycles. The first-order valence-electron chi connectivity index (χ1n) is 6.22. The number of nitrogens with zero attached hydrogens (tertiary/aromatic N) is 1. The number of carbonyl (C=O) groups excluding carboxylic acids is 2. The van der Waals surface area contributed by atoms with Crippen molar-refractivity contribution >= 4 is 17.6 Å². The van der Waals surface area contributed by atoms with Crippen molar-refractivity contribution in [3.05, 3.63) is 29.8 Å². The van der Waals surface area contributed by atoms with Crippen LogP contribution in [0.5, 0.6) is 0 Å². The van der Waals surface area contributed by atoms with Crippen LogP contribution in [-0.2, 0) is 4.79 Å². The molecule has 0 saturated carbocycles. The molecule has 1 atom stereocenters. The zero-order valence-electron chi connectivity index (χ0n) is 10.8. The van der Waals surface area contributed by atoms with Crippen molar-refractivity contribution in [1.29, 1.82) is 0 Å². The molecule has 6 nitrogen and oxygen atoms in total. The Morgan fingerprint density at radius 2 is 2.05 bits per heavy atom. The van der Waals surface area contributed by atoms with Gasteiger partial charge in [-0.3, -0.25) is 4.79 Å². The molecule has 1 heterocycles. The van der Waals surface area contributed by atoms with Gasteiger partial charge in [0, 0.05) is 25.3 Å². The van der Waals surface area contributed by atoms with Crippen LogP contribution in [0.3, 0.4) is 0 Å². The lowest BCUT2D eigenvalue weighted by Gasteiger charge is -2.34. The van der Waals surface area contributed by atoms with Gasteiger partial charge in [0.25, 0.3) is 0 Å². The monoisotopic (exact) mass is 262 g/mol. The van der Waals surface area contributed by atoms with Crippen LogP contribution in [0.25, 0.3) is 0 Å². The normalized spacial score (nSPS) is 19.0. The van der Waals surface area contributed by atoms with E-state index in [0.717, 1.165) is 5.56 Å². The molecule has 0 radical (unpaired) electrons. The van der Waals surface area contributed by atoms with Gasteiger partial charge in [0.15, 0.2) is 0 Å². The fourth-order valence-corrected chi connectivity index (χ4v) is 2.03. The molecule has 0 spiro atoms. The van der Waals surface area contributed by atoms with E-state index in [1.165, 1.54) is 4.90 Å². The van der Waals surface area contributed by atoms with Gasteiger partial charge in [0.1, 0.15) is 6.04 Å². The maximum atomic E-state index is 12.1. The van der Waals surface area contributed by atoms with Crippen LogP contribution in [0.15, 0.2) is 24.3 Å². The molecular formula is C13H18N4O2. The van der Waals surface area contributed by atoms with Gasteiger partial charge in [-0.15, -0.1) is 0 Å². The van der Waals surface area contributed by atoms with Crippen LogP contribution in [0.1, 0.15) is 5.56 Å². The standard InChI is InChI=1S/C13H18N4O2/c1-9-2-4-10(5-3-9)16-13(19)17-7-6-15-8-11(17)12(14)18/h2-5,11,15H,6-8H2,1H3,(H2,14,18)(H,16,19). The summed E-state index contributed by atoms with van der Waals surface area (Å²) >= 11 is 0. The van der Waals surface area contributed by atoms with Crippen molar-refractivity contribution in [3.8, 4) is 0 Å². The number of hydrogen-bond donors (Lipinski definition) is 3. The Balaban J connectivity index is 2.05. The van der Waals surface area contributed by atoms with E-state index in [-0.39, 0.29) is 6.03 Å². The number of carbonyl (C=O) groups is 2. The molecule has 1 aromatic rings. The number of aryl methyl sites for hydroxylation is 1. The van der Waals surface area contributed by atoms with Crippen molar-refractivity contribution in [3.63, 3.8) is 0 Å². The van der Waals surface area contributed by atoms with E-state index in [9.17, 15) is 9.59 Å². The number of nitrogens with two attached hydrogens (primary N) is 1. The van der Waals surface area contributed by atoms with E-state index in [2.05, 4.69) is 10.6 Å². The third kappa shape index (κ3) is 3.23. The summed E-state index contributed by atoms with van der Waals surface area (Å²) in [5.74, 6) is -0.494. The second kappa shape index (κ2) is 5.71. The van der Waals surface area contributed by atoms with Gasteiger partial charge in [-0.05, 0) is 19.1 Å². The molecule has 102 valence electrons. The zero-order chi connectivity index (χ0) is 13.8. The highest BCUT2D eigenvalue weighted by molar-refractivity contribution is 5.93. The predicted molar refractivity (Wildman–Crippen MR) is 72.8 cm³/mol. The number of urea groups is 1. The highest BCUT2D eigenvalue weighted by Crippen LogP contribution is 2.11. The summed E-state index contributed by atoms with van der Waals surface area (Å²) in [6, 6.07) is 6.59. The van der Waals surface area contributed by atoms with Crippen LogP contribution >= 0.6 is 0 Å². The van der Waals surface area contributed by atoms with Gasteiger partial charge >= 0.3 is 6.03 Å². The lowest BCUT2D eigenvalue weighted by atomic mass is 10.2. The predicted octanol–water partition coefficient (Wildman–Crippen LogP) is 0.286. The van der Waals surface area contributed by atoms with Crippen LogP contribution in [0.2, 0.25) is 0 Å². The molecule has 3 amide bonds. The Morgan fingerprint density at radius 1 is 1.37 bits per heavy atom. The molecule has 19 heavy (non-hydrogen) atoms. The summed E-state index contributed by atoms with van der Waals surface area (Å²) in [5.41, 5.74) is 7.13. The SMILES string of the molecule is Cc1ccc(NC(=O)N2CCNCC2C(N)=O)cc1. The Kier molecular flexibility index (Phi) is 4.01. The maximum Gasteiger partial charge on any atom is 0.322 e. The van der Waals surface area contributed by atoms with E-state index in [1.54, 1.807) is 0 Å². The first-order valence-corrected chi connectivity index (χ1v) is 6.22. The van der Waals surface area contributed by atoms with Crippen LogP contribution in [0.4, 0.5) is 10.5 Å². The Morgan fingerprint density at radius 3 is 2.68 bits per heavy atom. The smallest absolute Gasteiger partial charge is 0.322 e. The van der Waals surface area contributed by atoms with Gasteiger partial charge in [-0.1, -0.05) is 17.7 Å². The average molecular weight is 262 g/mol. The number of nitrogens with one attached hydrogen (secondary N) is 2. The number of piperazine rings is 1. The second-order valence-corrected chi connectivity index (χ2v) is 4.61. The molecular weight excluding hydrogens is 244 g/mol. The quantitative estimate of drug-likeness (QED) is 0.715. The number of anilines is 1. The van der Waals surface area contributed by atoms with Crippen molar-refractivity contribution in [1.82, 2.24) is 10.2 Å². The molecule has 1 aromatic carbocycles. The number of hydrogen-bond acceptors (Lipinski definition) is 3. The minimum atomic E-state index is -0.598. The van der Waals surface area contributed by atoms with E-state index >= 15 is 0 Å². The number of amides is 3. The third-order valence-corrected chi connectivity index (χ3v) is 3.14. The lowest BCUT2D eigenvalue weighted by molar-refractivity contribution is -0.122. The topological polar surface area (TPSA) is 87.5 Å². The first-order chi connectivity index (χ1) is 9.08. The average Bonchev–Trinajstić information content (AvgIpc) is 2.41. The first kappa shape index (κ1) is 13.4. The maximum absolute atomic E-state index is 12.1. The molecule has 1 aliphatic heterocycles. The molecule has 1 unspecified atom stereocenters. The summed E-state index contributed by atoms with van der Waals surface area (Å²) in [7, 11) is 0. The van der Waals surface area contributed by atoms with Gasteiger partial charge in [-0.2, -0.15) is 0 Å². The zero-order valence-corrected chi connectivity index (χ0v) is 10.8. The Labute approximate surface area is 112 Å². The summed E-state index contributed by atoms with van der Waals surface area (Å²) in [4.78, 5) is 24.9. The van der Waals surface area contributed by atoms with Gasteiger partial charge in [0.05, 0.1) is 0 Å². The van der Waals surface area contributed by atoms with Crippen LogP contribution in [-0.4, -0.2) is 42.5 Å². The minimum Gasteiger partial charge on any atom is -0.368 e. The molecule has 6 heteroatoms.